The Hall–Kier alpha value is 0.390. The summed E-state index contributed by atoms with van der Waals surface area (Å²) in [5.41, 5.74) is 2.63. The van der Waals surface area contributed by atoms with Crippen LogP contribution in [-0.2, 0) is 6.42 Å². The summed E-state index contributed by atoms with van der Waals surface area (Å²) in [7, 11) is 0. The summed E-state index contributed by atoms with van der Waals surface area (Å²) in [6, 6.07) is 3.74. The standard InChI is InChI=1S/C18H26INS/c1-17(2)11-7-8-18(3,10-11)16(17)20-13-5-4-6-14-12(13)9-15(19)21-14/h9,11,13,16,20H,4-8,10H2,1-3H3. The van der Waals surface area contributed by atoms with E-state index in [1.807, 2.05) is 11.3 Å². The number of aryl methyl sites for hydroxylation is 1. The van der Waals surface area contributed by atoms with Crippen LogP contribution in [0.15, 0.2) is 6.07 Å². The van der Waals surface area contributed by atoms with Crippen LogP contribution in [0.1, 0.15) is 69.4 Å². The smallest absolute Gasteiger partial charge is 0.0659 e. The van der Waals surface area contributed by atoms with Crippen LogP contribution in [0.2, 0.25) is 0 Å². The molecule has 3 heteroatoms. The Morgan fingerprint density at radius 3 is 2.81 bits per heavy atom. The molecule has 1 heterocycles. The van der Waals surface area contributed by atoms with Crippen molar-refractivity contribution in [3.8, 4) is 0 Å². The quantitative estimate of drug-likeness (QED) is 0.626. The maximum atomic E-state index is 4.15. The van der Waals surface area contributed by atoms with E-state index in [4.69, 9.17) is 0 Å². The zero-order valence-electron chi connectivity index (χ0n) is 13.3. The summed E-state index contributed by atoms with van der Waals surface area (Å²) in [4.78, 5) is 1.65. The van der Waals surface area contributed by atoms with Crippen LogP contribution < -0.4 is 5.32 Å². The maximum Gasteiger partial charge on any atom is 0.0659 e. The van der Waals surface area contributed by atoms with Crippen molar-refractivity contribution < 1.29 is 0 Å². The SMILES string of the molecule is CC12CCC(C1)C(C)(C)C2NC1CCCc2sc(I)cc21. The first-order chi connectivity index (χ1) is 9.90. The lowest BCUT2D eigenvalue weighted by molar-refractivity contribution is 0.0958. The molecule has 1 N–H and O–H groups in total. The van der Waals surface area contributed by atoms with Gasteiger partial charge >= 0.3 is 0 Å². The molecular weight excluding hydrogens is 389 g/mol. The Balaban J connectivity index is 1.62. The third kappa shape index (κ3) is 2.25. The van der Waals surface area contributed by atoms with E-state index >= 15 is 0 Å². The third-order valence-corrected chi connectivity index (χ3v) is 8.69. The van der Waals surface area contributed by atoms with Gasteiger partial charge in [-0.05, 0) is 89.5 Å². The van der Waals surface area contributed by atoms with Gasteiger partial charge in [-0.1, -0.05) is 20.8 Å². The molecule has 2 saturated carbocycles. The van der Waals surface area contributed by atoms with E-state index in [2.05, 4.69) is 54.7 Å². The first-order valence-corrected chi connectivity index (χ1v) is 10.3. The van der Waals surface area contributed by atoms with Gasteiger partial charge in [0.25, 0.3) is 0 Å². The molecule has 4 unspecified atom stereocenters. The normalized spacial score (nSPS) is 40.5. The van der Waals surface area contributed by atoms with Gasteiger partial charge in [0, 0.05) is 17.0 Å². The molecule has 1 aromatic heterocycles. The number of hydrogen-bond acceptors (Lipinski definition) is 2. The Labute approximate surface area is 146 Å². The summed E-state index contributed by atoms with van der Waals surface area (Å²) < 4.78 is 1.46. The zero-order valence-corrected chi connectivity index (χ0v) is 16.3. The van der Waals surface area contributed by atoms with E-state index in [1.54, 1.807) is 10.4 Å². The minimum atomic E-state index is 0.466. The van der Waals surface area contributed by atoms with Crippen LogP contribution in [0.25, 0.3) is 0 Å². The van der Waals surface area contributed by atoms with Crippen molar-refractivity contribution in [2.24, 2.45) is 16.7 Å². The van der Waals surface area contributed by atoms with Crippen LogP contribution in [-0.4, -0.2) is 6.04 Å². The van der Waals surface area contributed by atoms with Crippen LogP contribution >= 0.6 is 33.9 Å². The Morgan fingerprint density at radius 1 is 1.29 bits per heavy atom. The van der Waals surface area contributed by atoms with Crippen molar-refractivity contribution in [1.29, 1.82) is 0 Å². The highest BCUT2D eigenvalue weighted by molar-refractivity contribution is 14.1. The summed E-state index contributed by atoms with van der Waals surface area (Å²) in [6.07, 6.45) is 8.31. The molecule has 0 aromatic carbocycles. The van der Waals surface area contributed by atoms with Gasteiger partial charge in [0.05, 0.1) is 2.88 Å². The number of hydrogen-bond donors (Lipinski definition) is 1. The molecule has 4 atom stereocenters. The molecule has 4 rings (SSSR count). The number of nitrogens with one attached hydrogen (secondary N) is 1. The Morgan fingerprint density at radius 2 is 2.10 bits per heavy atom. The minimum Gasteiger partial charge on any atom is -0.306 e. The molecule has 0 spiro atoms. The van der Waals surface area contributed by atoms with E-state index in [9.17, 15) is 0 Å². The number of halogens is 1. The summed E-state index contributed by atoms with van der Waals surface area (Å²) in [5, 5.41) is 4.15. The van der Waals surface area contributed by atoms with Gasteiger partial charge in [-0.15, -0.1) is 11.3 Å². The molecule has 0 radical (unpaired) electrons. The molecule has 0 aliphatic heterocycles. The first kappa shape index (κ1) is 14.9. The van der Waals surface area contributed by atoms with Crippen LogP contribution in [0.5, 0.6) is 0 Å². The molecular formula is C18H26INS. The van der Waals surface area contributed by atoms with Gasteiger partial charge in [0.15, 0.2) is 0 Å². The Bertz CT molecular complexity index is 559. The van der Waals surface area contributed by atoms with Crippen molar-refractivity contribution in [1.82, 2.24) is 5.32 Å². The van der Waals surface area contributed by atoms with E-state index < -0.39 is 0 Å². The second-order valence-electron chi connectivity index (χ2n) is 8.39. The van der Waals surface area contributed by atoms with Gasteiger partial charge in [0.2, 0.25) is 0 Å². The second-order valence-corrected chi connectivity index (χ2v) is 11.4. The Kier molecular flexibility index (Phi) is 3.52. The highest BCUT2D eigenvalue weighted by Crippen LogP contribution is 2.62. The molecule has 2 fully saturated rings. The zero-order chi connectivity index (χ0) is 14.8. The summed E-state index contributed by atoms with van der Waals surface area (Å²) >= 11 is 4.51. The topological polar surface area (TPSA) is 12.0 Å². The monoisotopic (exact) mass is 415 g/mol. The molecule has 0 saturated heterocycles. The molecule has 1 nitrogen and oxygen atoms in total. The van der Waals surface area contributed by atoms with Gasteiger partial charge in [0.1, 0.15) is 0 Å². The van der Waals surface area contributed by atoms with Crippen molar-refractivity contribution in [2.75, 3.05) is 0 Å². The molecule has 3 aliphatic carbocycles. The second kappa shape index (κ2) is 4.94. The number of fused-ring (bicyclic) bond motifs is 3. The van der Waals surface area contributed by atoms with Crippen molar-refractivity contribution >= 4 is 33.9 Å². The fourth-order valence-corrected chi connectivity index (χ4v) is 7.73. The van der Waals surface area contributed by atoms with Crippen LogP contribution in [0, 0.1) is 19.6 Å². The van der Waals surface area contributed by atoms with E-state index in [1.165, 1.54) is 41.4 Å². The maximum absolute atomic E-state index is 4.15. The summed E-state index contributed by atoms with van der Waals surface area (Å²) in [6.45, 7) is 7.57. The average Bonchev–Trinajstić information content (AvgIpc) is 3.02. The highest BCUT2D eigenvalue weighted by atomic mass is 127. The lowest BCUT2D eigenvalue weighted by atomic mass is 9.68. The van der Waals surface area contributed by atoms with Crippen LogP contribution in [0.3, 0.4) is 0 Å². The first-order valence-electron chi connectivity index (χ1n) is 8.44. The van der Waals surface area contributed by atoms with Crippen molar-refractivity contribution in [3.63, 3.8) is 0 Å². The van der Waals surface area contributed by atoms with E-state index in [0.29, 0.717) is 22.9 Å². The molecule has 21 heavy (non-hydrogen) atoms. The predicted octanol–water partition coefficient (Wildman–Crippen LogP) is 5.53. The van der Waals surface area contributed by atoms with E-state index in [0.717, 1.165) is 5.92 Å². The fraction of sp³-hybridized carbons (Fsp3) is 0.778. The molecule has 1 aromatic rings. The lowest BCUT2D eigenvalue weighted by Gasteiger charge is -2.45. The van der Waals surface area contributed by atoms with Gasteiger partial charge in [-0.25, -0.2) is 0 Å². The highest BCUT2D eigenvalue weighted by Gasteiger charge is 2.59. The average molecular weight is 415 g/mol. The van der Waals surface area contributed by atoms with Gasteiger partial charge in [-0.2, -0.15) is 0 Å². The van der Waals surface area contributed by atoms with Crippen molar-refractivity contribution in [2.45, 2.75) is 71.4 Å². The predicted molar refractivity (Wildman–Crippen MR) is 98.9 cm³/mol. The largest absolute Gasteiger partial charge is 0.306 e. The fourth-order valence-electron chi connectivity index (χ4n) is 5.61. The summed E-state index contributed by atoms with van der Waals surface area (Å²) in [5.74, 6) is 0.936. The van der Waals surface area contributed by atoms with Gasteiger partial charge in [-0.3, -0.25) is 0 Å². The third-order valence-electron chi connectivity index (χ3n) is 6.72. The van der Waals surface area contributed by atoms with Crippen molar-refractivity contribution in [3.05, 3.63) is 19.4 Å². The molecule has 3 aliphatic rings. The number of thiophene rings is 1. The lowest BCUT2D eigenvalue weighted by Crippen LogP contribution is -2.51. The molecule has 2 bridgehead atoms. The minimum absolute atomic E-state index is 0.466. The number of rotatable bonds is 2. The van der Waals surface area contributed by atoms with Crippen LogP contribution in [0.4, 0.5) is 0 Å². The van der Waals surface area contributed by atoms with E-state index in [-0.39, 0.29) is 0 Å². The molecule has 116 valence electrons. The van der Waals surface area contributed by atoms with Gasteiger partial charge < -0.3 is 5.32 Å². The molecule has 0 amide bonds.